The molecule has 1 fully saturated rings. The number of rotatable bonds is 6. The topological polar surface area (TPSA) is 50.7 Å². The molecule has 0 saturated carbocycles. The summed E-state index contributed by atoms with van der Waals surface area (Å²) in [4.78, 5) is 17.7. The third kappa shape index (κ3) is 5.44. The molecule has 3 aromatic carbocycles. The second-order valence-corrected chi connectivity index (χ2v) is 8.34. The van der Waals surface area contributed by atoms with E-state index in [9.17, 15) is 4.79 Å². The van der Waals surface area contributed by atoms with Crippen LogP contribution in [0.3, 0.4) is 0 Å². The van der Waals surface area contributed by atoms with E-state index in [0.717, 1.165) is 34.5 Å². The lowest BCUT2D eigenvalue weighted by Gasteiger charge is -2.07. The maximum absolute atomic E-state index is 12.4. The number of ether oxygens (including phenoxy) is 1. The Balaban J connectivity index is 1.47. The number of hydrogen-bond acceptors (Lipinski definition) is 4. The van der Waals surface area contributed by atoms with Gasteiger partial charge in [-0.2, -0.15) is 0 Å². The number of nitrogens with zero attached hydrogens (tertiary/aromatic N) is 1. The summed E-state index contributed by atoms with van der Waals surface area (Å²) >= 11 is 1.35. The van der Waals surface area contributed by atoms with E-state index in [4.69, 9.17) is 4.74 Å². The highest BCUT2D eigenvalue weighted by atomic mass is 32.2. The molecule has 1 saturated heterocycles. The van der Waals surface area contributed by atoms with Crippen LogP contribution in [0.2, 0.25) is 0 Å². The van der Waals surface area contributed by atoms with Crippen LogP contribution in [0, 0.1) is 6.92 Å². The maximum Gasteiger partial charge on any atom is 0.264 e. The third-order valence-corrected chi connectivity index (χ3v) is 5.84. The van der Waals surface area contributed by atoms with Gasteiger partial charge in [0, 0.05) is 0 Å². The predicted octanol–water partition coefficient (Wildman–Crippen LogP) is 6.03. The normalized spacial score (nSPS) is 16.0. The molecule has 1 aliphatic rings. The SMILES string of the molecule is CCc1ccccc1N=C1NC(=O)/C(=C/c2cccc(OCc3ccc(C)cc3)c2)S1. The Morgan fingerprint density at radius 2 is 1.84 bits per heavy atom. The van der Waals surface area contributed by atoms with E-state index < -0.39 is 0 Å². The fourth-order valence-electron chi connectivity index (χ4n) is 3.21. The van der Waals surface area contributed by atoms with E-state index in [0.29, 0.717) is 16.7 Å². The molecule has 0 aromatic heterocycles. The van der Waals surface area contributed by atoms with Crippen molar-refractivity contribution in [2.75, 3.05) is 0 Å². The highest BCUT2D eigenvalue weighted by Crippen LogP contribution is 2.30. The van der Waals surface area contributed by atoms with Gasteiger partial charge < -0.3 is 10.1 Å². The first-order valence-electron chi connectivity index (χ1n) is 10.3. The van der Waals surface area contributed by atoms with Crippen molar-refractivity contribution in [1.29, 1.82) is 0 Å². The van der Waals surface area contributed by atoms with Gasteiger partial charge in [-0.3, -0.25) is 4.79 Å². The summed E-state index contributed by atoms with van der Waals surface area (Å²) in [5, 5.41) is 3.47. The van der Waals surface area contributed by atoms with Crippen LogP contribution in [0.4, 0.5) is 5.69 Å². The van der Waals surface area contributed by atoms with Gasteiger partial charge in [0.1, 0.15) is 12.4 Å². The number of para-hydroxylation sites is 1. The molecule has 1 amide bonds. The molecule has 1 aliphatic heterocycles. The van der Waals surface area contributed by atoms with Gasteiger partial charge in [-0.15, -0.1) is 0 Å². The smallest absolute Gasteiger partial charge is 0.264 e. The quantitative estimate of drug-likeness (QED) is 0.488. The molecular weight excluding hydrogens is 404 g/mol. The van der Waals surface area contributed by atoms with Crippen molar-refractivity contribution in [2.45, 2.75) is 26.9 Å². The summed E-state index contributed by atoms with van der Waals surface area (Å²) < 4.78 is 5.93. The number of benzene rings is 3. The highest BCUT2D eigenvalue weighted by molar-refractivity contribution is 8.18. The van der Waals surface area contributed by atoms with Gasteiger partial charge in [0.2, 0.25) is 0 Å². The number of aliphatic imine (C=N–C) groups is 1. The third-order valence-electron chi connectivity index (χ3n) is 4.93. The number of amidine groups is 1. The summed E-state index contributed by atoms with van der Waals surface area (Å²) in [7, 11) is 0. The molecule has 3 aromatic rings. The molecule has 1 heterocycles. The molecule has 1 N–H and O–H groups in total. The summed E-state index contributed by atoms with van der Waals surface area (Å²) in [5.41, 5.74) is 5.30. The molecule has 0 aliphatic carbocycles. The Morgan fingerprint density at radius 3 is 2.65 bits per heavy atom. The fraction of sp³-hybridized carbons (Fsp3) is 0.154. The van der Waals surface area contributed by atoms with E-state index in [1.54, 1.807) is 0 Å². The number of nitrogens with one attached hydrogen (secondary N) is 1. The molecule has 4 nitrogen and oxygen atoms in total. The van der Waals surface area contributed by atoms with Crippen LogP contribution in [0.15, 0.2) is 82.7 Å². The van der Waals surface area contributed by atoms with Crippen LogP contribution in [-0.4, -0.2) is 11.1 Å². The largest absolute Gasteiger partial charge is 0.489 e. The predicted molar refractivity (Wildman–Crippen MR) is 129 cm³/mol. The van der Waals surface area contributed by atoms with Gasteiger partial charge in [-0.1, -0.05) is 67.1 Å². The Kier molecular flexibility index (Phi) is 6.53. The lowest BCUT2D eigenvalue weighted by molar-refractivity contribution is -0.115. The minimum atomic E-state index is -0.135. The molecule has 0 radical (unpaired) electrons. The van der Waals surface area contributed by atoms with E-state index in [1.165, 1.54) is 17.3 Å². The Labute approximate surface area is 187 Å². The maximum atomic E-state index is 12.4. The first-order chi connectivity index (χ1) is 15.1. The average Bonchev–Trinajstić information content (AvgIpc) is 3.12. The lowest BCUT2D eigenvalue weighted by Crippen LogP contribution is -2.19. The zero-order valence-electron chi connectivity index (χ0n) is 17.6. The molecular formula is C26H24N2O2S. The van der Waals surface area contributed by atoms with Crippen molar-refractivity contribution in [3.05, 3.63) is 100.0 Å². The van der Waals surface area contributed by atoms with Gasteiger partial charge in [0.25, 0.3) is 5.91 Å². The van der Waals surface area contributed by atoms with Gasteiger partial charge in [-0.05, 0) is 66.1 Å². The van der Waals surface area contributed by atoms with Crippen LogP contribution in [0.25, 0.3) is 6.08 Å². The van der Waals surface area contributed by atoms with E-state index in [-0.39, 0.29) is 5.91 Å². The molecule has 156 valence electrons. The average molecular weight is 429 g/mol. The van der Waals surface area contributed by atoms with Crippen LogP contribution < -0.4 is 10.1 Å². The number of carbonyl (C=O) groups excluding carboxylic acids is 1. The van der Waals surface area contributed by atoms with Gasteiger partial charge in [-0.25, -0.2) is 4.99 Å². The van der Waals surface area contributed by atoms with E-state index >= 15 is 0 Å². The number of amides is 1. The van der Waals surface area contributed by atoms with Gasteiger partial charge in [0.05, 0.1) is 10.6 Å². The lowest BCUT2D eigenvalue weighted by atomic mass is 10.1. The first-order valence-corrected chi connectivity index (χ1v) is 11.1. The minimum Gasteiger partial charge on any atom is -0.489 e. The standard InChI is InChI=1S/C26H24N2O2S/c1-3-21-8-4-5-10-23(21)27-26-28-25(29)24(31-26)16-20-7-6-9-22(15-20)30-17-19-13-11-18(2)12-14-19/h4-16H,3,17H2,1-2H3,(H,27,28,29)/b24-16-. The molecule has 0 bridgehead atoms. The summed E-state index contributed by atoms with van der Waals surface area (Å²) in [6.07, 6.45) is 2.76. The zero-order chi connectivity index (χ0) is 21.6. The van der Waals surface area contributed by atoms with Gasteiger partial charge >= 0.3 is 0 Å². The Hall–Kier alpha value is -3.31. The first kappa shape index (κ1) is 20.9. The van der Waals surface area contributed by atoms with Crippen molar-refractivity contribution in [3.8, 4) is 5.75 Å². The highest BCUT2D eigenvalue weighted by Gasteiger charge is 2.24. The van der Waals surface area contributed by atoms with Crippen molar-refractivity contribution >= 4 is 34.6 Å². The Morgan fingerprint density at radius 1 is 1.03 bits per heavy atom. The number of carbonyl (C=O) groups is 1. The van der Waals surface area contributed by atoms with Crippen molar-refractivity contribution in [1.82, 2.24) is 5.32 Å². The second kappa shape index (κ2) is 9.67. The van der Waals surface area contributed by atoms with Crippen LogP contribution in [-0.2, 0) is 17.8 Å². The molecule has 4 rings (SSSR count). The van der Waals surface area contributed by atoms with Gasteiger partial charge in [0.15, 0.2) is 5.17 Å². The summed E-state index contributed by atoms with van der Waals surface area (Å²) in [6, 6.07) is 24.0. The number of thioether (sulfide) groups is 1. The van der Waals surface area contributed by atoms with Crippen molar-refractivity contribution in [3.63, 3.8) is 0 Å². The molecule has 5 heteroatoms. The molecule has 0 atom stereocenters. The fourth-order valence-corrected chi connectivity index (χ4v) is 4.04. The van der Waals surface area contributed by atoms with Crippen LogP contribution in [0.1, 0.15) is 29.2 Å². The Bertz CT molecular complexity index is 1150. The molecule has 0 unspecified atom stereocenters. The van der Waals surface area contributed by atoms with Crippen molar-refractivity contribution < 1.29 is 9.53 Å². The monoisotopic (exact) mass is 428 g/mol. The number of hydrogen-bond donors (Lipinski definition) is 1. The van der Waals surface area contributed by atoms with E-state index in [2.05, 4.69) is 54.5 Å². The van der Waals surface area contributed by atoms with Crippen LogP contribution >= 0.6 is 11.8 Å². The van der Waals surface area contributed by atoms with Crippen molar-refractivity contribution in [2.24, 2.45) is 4.99 Å². The molecule has 31 heavy (non-hydrogen) atoms. The molecule has 0 spiro atoms. The zero-order valence-corrected chi connectivity index (χ0v) is 18.4. The number of aryl methyl sites for hydroxylation is 2. The summed E-state index contributed by atoms with van der Waals surface area (Å²) in [5.74, 6) is 0.632. The van der Waals surface area contributed by atoms with E-state index in [1.807, 2.05) is 48.5 Å². The minimum absolute atomic E-state index is 0.135. The second-order valence-electron chi connectivity index (χ2n) is 7.31. The van der Waals surface area contributed by atoms with Crippen LogP contribution in [0.5, 0.6) is 5.75 Å². The summed E-state index contributed by atoms with van der Waals surface area (Å²) in [6.45, 7) is 4.67.